The number of carbonyl (C=O) groups excluding carboxylic acids is 2. The molecule has 0 aliphatic carbocycles. The molecule has 10 heteroatoms. The fourth-order valence-electron chi connectivity index (χ4n) is 4.70. The Morgan fingerprint density at radius 3 is 2.15 bits per heavy atom. The van der Waals surface area contributed by atoms with E-state index in [-0.39, 0.29) is 16.9 Å². The Kier molecular flexibility index (Phi) is 7.15. The molecule has 5 rings (SSSR count). The highest BCUT2D eigenvalue weighted by atomic mass is 35.5. The first-order valence-corrected chi connectivity index (χ1v) is 12.8. The molecule has 1 N–H and O–H groups in total. The molecule has 0 saturated carbocycles. The number of halogens is 1. The molecule has 0 radical (unpaired) electrons. The van der Waals surface area contributed by atoms with E-state index in [0.717, 1.165) is 0 Å². The quantitative estimate of drug-likeness (QED) is 0.311. The third-order valence-corrected chi connectivity index (χ3v) is 7.03. The number of aromatic nitrogens is 3. The topological polar surface area (TPSA) is 104 Å². The zero-order valence-corrected chi connectivity index (χ0v) is 22.7. The fourth-order valence-corrected chi connectivity index (χ4v) is 4.83. The average Bonchev–Trinajstić information content (AvgIpc) is 3.17. The van der Waals surface area contributed by atoms with Gasteiger partial charge in [-0.2, -0.15) is 0 Å². The summed E-state index contributed by atoms with van der Waals surface area (Å²) in [6.45, 7) is 1.03. The van der Waals surface area contributed by atoms with E-state index >= 15 is 0 Å². The molecule has 1 amide bonds. The largest absolute Gasteiger partial charge is 0.451 e. The van der Waals surface area contributed by atoms with Crippen LogP contribution >= 0.6 is 11.6 Å². The lowest BCUT2D eigenvalue weighted by molar-refractivity contribution is -0.119. The first-order chi connectivity index (χ1) is 19.2. The number of nitrogens with zero attached hydrogens (tertiary/aromatic N) is 3. The van der Waals surface area contributed by atoms with Gasteiger partial charge in [0.05, 0.1) is 11.4 Å². The Labute approximate surface area is 233 Å². The van der Waals surface area contributed by atoms with Crippen molar-refractivity contribution >= 4 is 39.9 Å². The van der Waals surface area contributed by atoms with Crippen molar-refractivity contribution in [2.45, 2.75) is 6.92 Å². The highest BCUT2D eigenvalue weighted by Crippen LogP contribution is 2.31. The summed E-state index contributed by atoms with van der Waals surface area (Å²) in [6.07, 6.45) is 0. The summed E-state index contributed by atoms with van der Waals surface area (Å²) in [5.41, 5.74) is 1.54. The number of esters is 1. The van der Waals surface area contributed by atoms with Crippen LogP contribution in [0, 0.1) is 6.92 Å². The van der Waals surface area contributed by atoms with Crippen LogP contribution in [-0.4, -0.2) is 32.4 Å². The number of hydrogen-bond donors (Lipinski definition) is 1. The van der Waals surface area contributed by atoms with E-state index in [0.29, 0.717) is 38.3 Å². The standard InChI is InChI=1S/C30H25ClN4O5/c1-18-26(29(38)35(34(18)3)21-9-5-4-6-10-21)32-24(36)17-40-30(39)27-25(19-13-15-20(31)16-14-19)22-11-7-8-12-23(22)28(37)33(27)2/h4-16H,17H2,1-3H3,(H,32,36). The summed E-state index contributed by atoms with van der Waals surface area (Å²) in [5.74, 6) is -1.56. The third-order valence-electron chi connectivity index (χ3n) is 6.78. The Hall–Kier alpha value is -4.89. The van der Waals surface area contributed by atoms with Crippen LogP contribution in [0.15, 0.2) is 88.5 Å². The molecule has 0 aliphatic rings. The van der Waals surface area contributed by atoms with Crippen molar-refractivity contribution in [3.05, 3.63) is 116 Å². The van der Waals surface area contributed by atoms with Crippen LogP contribution in [-0.2, 0) is 23.6 Å². The highest BCUT2D eigenvalue weighted by Gasteiger charge is 2.24. The minimum atomic E-state index is -0.864. The van der Waals surface area contributed by atoms with Crippen molar-refractivity contribution in [3.63, 3.8) is 0 Å². The molecule has 202 valence electrons. The normalized spacial score (nSPS) is 11.0. The molecule has 2 aromatic heterocycles. The summed E-state index contributed by atoms with van der Waals surface area (Å²) >= 11 is 6.08. The molecule has 3 aromatic carbocycles. The molecule has 0 unspecified atom stereocenters. The smallest absolute Gasteiger partial charge is 0.356 e. The second-order valence-corrected chi connectivity index (χ2v) is 9.64. The lowest BCUT2D eigenvalue weighted by Crippen LogP contribution is -2.29. The number of nitrogens with one attached hydrogen (secondary N) is 1. The molecular formula is C30H25ClN4O5. The fraction of sp³-hybridized carbons (Fsp3) is 0.133. The van der Waals surface area contributed by atoms with Crippen LogP contribution in [0.2, 0.25) is 5.02 Å². The van der Waals surface area contributed by atoms with Gasteiger partial charge >= 0.3 is 5.97 Å². The number of anilines is 1. The van der Waals surface area contributed by atoms with Crippen LogP contribution in [0.25, 0.3) is 27.6 Å². The monoisotopic (exact) mass is 556 g/mol. The molecule has 2 heterocycles. The SMILES string of the molecule is Cc1c(NC(=O)COC(=O)c2c(-c3ccc(Cl)cc3)c3ccccc3c(=O)n2C)c(=O)n(-c2ccccc2)n1C. The van der Waals surface area contributed by atoms with Crippen LogP contribution in [0.3, 0.4) is 0 Å². The number of rotatable bonds is 6. The molecule has 40 heavy (non-hydrogen) atoms. The summed E-state index contributed by atoms with van der Waals surface area (Å²) in [7, 11) is 3.18. The number of para-hydroxylation sites is 1. The van der Waals surface area contributed by atoms with Gasteiger partial charge in [-0.05, 0) is 48.2 Å². The predicted molar refractivity (Wildman–Crippen MR) is 154 cm³/mol. The molecule has 9 nitrogen and oxygen atoms in total. The minimum Gasteiger partial charge on any atom is -0.451 e. The van der Waals surface area contributed by atoms with Gasteiger partial charge in [-0.1, -0.05) is 60.1 Å². The van der Waals surface area contributed by atoms with Crippen LogP contribution in [0.5, 0.6) is 0 Å². The Morgan fingerprint density at radius 1 is 0.850 bits per heavy atom. The van der Waals surface area contributed by atoms with Gasteiger partial charge < -0.3 is 14.6 Å². The molecule has 0 saturated heterocycles. The van der Waals surface area contributed by atoms with Gasteiger partial charge in [0.25, 0.3) is 17.0 Å². The van der Waals surface area contributed by atoms with Crippen molar-refractivity contribution in [2.75, 3.05) is 11.9 Å². The number of pyridine rings is 1. The van der Waals surface area contributed by atoms with Crippen LogP contribution in [0.4, 0.5) is 5.69 Å². The maximum Gasteiger partial charge on any atom is 0.356 e. The predicted octanol–water partition coefficient (Wildman–Crippen LogP) is 4.45. The number of carbonyl (C=O) groups is 2. The van der Waals surface area contributed by atoms with Crippen molar-refractivity contribution in [2.24, 2.45) is 14.1 Å². The van der Waals surface area contributed by atoms with Gasteiger partial charge in [0.2, 0.25) is 0 Å². The Morgan fingerprint density at radius 2 is 1.48 bits per heavy atom. The van der Waals surface area contributed by atoms with Gasteiger partial charge in [-0.3, -0.25) is 19.1 Å². The van der Waals surface area contributed by atoms with Gasteiger partial charge in [0.1, 0.15) is 11.4 Å². The Bertz CT molecular complexity index is 1890. The van der Waals surface area contributed by atoms with E-state index in [2.05, 4.69) is 5.32 Å². The number of benzene rings is 3. The van der Waals surface area contributed by atoms with E-state index in [1.807, 2.05) is 6.07 Å². The number of amides is 1. The third kappa shape index (κ3) is 4.71. The lowest BCUT2D eigenvalue weighted by Gasteiger charge is -2.16. The Balaban J connectivity index is 1.45. The van der Waals surface area contributed by atoms with Crippen molar-refractivity contribution in [1.29, 1.82) is 0 Å². The maximum atomic E-state index is 13.4. The van der Waals surface area contributed by atoms with E-state index in [9.17, 15) is 19.2 Å². The molecule has 0 bridgehead atoms. The summed E-state index contributed by atoms with van der Waals surface area (Å²) < 4.78 is 9.65. The summed E-state index contributed by atoms with van der Waals surface area (Å²) in [6, 6.07) is 22.8. The zero-order valence-electron chi connectivity index (χ0n) is 22.0. The maximum absolute atomic E-state index is 13.4. The van der Waals surface area contributed by atoms with Crippen molar-refractivity contribution in [1.82, 2.24) is 13.9 Å². The molecule has 5 aromatic rings. The zero-order chi connectivity index (χ0) is 28.6. The van der Waals surface area contributed by atoms with Gasteiger partial charge in [0.15, 0.2) is 6.61 Å². The number of hydrogen-bond acceptors (Lipinski definition) is 5. The van der Waals surface area contributed by atoms with Gasteiger partial charge in [-0.25, -0.2) is 9.48 Å². The average molecular weight is 557 g/mol. The summed E-state index contributed by atoms with van der Waals surface area (Å²) in [4.78, 5) is 52.5. The molecule has 0 fully saturated rings. The minimum absolute atomic E-state index is 0.0128. The van der Waals surface area contributed by atoms with Crippen molar-refractivity contribution < 1.29 is 14.3 Å². The van der Waals surface area contributed by atoms with E-state index < -0.39 is 24.0 Å². The van der Waals surface area contributed by atoms with Gasteiger partial charge in [-0.15, -0.1) is 0 Å². The first kappa shape index (κ1) is 26.7. The number of ether oxygens (including phenoxy) is 1. The molecule has 0 spiro atoms. The van der Waals surface area contributed by atoms with Crippen LogP contribution < -0.4 is 16.4 Å². The lowest BCUT2D eigenvalue weighted by atomic mass is 9.97. The van der Waals surface area contributed by atoms with E-state index in [1.165, 1.54) is 16.3 Å². The first-order valence-electron chi connectivity index (χ1n) is 12.4. The second kappa shape index (κ2) is 10.7. The second-order valence-electron chi connectivity index (χ2n) is 9.20. The van der Waals surface area contributed by atoms with Crippen LogP contribution in [0.1, 0.15) is 16.2 Å². The molecule has 0 atom stereocenters. The molecule has 0 aliphatic heterocycles. The van der Waals surface area contributed by atoms with Crippen molar-refractivity contribution in [3.8, 4) is 16.8 Å². The van der Waals surface area contributed by atoms with Gasteiger partial charge in [0, 0.05) is 30.1 Å². The summed E-state index contributed by atoms with van der Waals surface area (Å²) in [5, 5.41) is 4.08. The number of fused-ring (bicyclic) bond motifs is 1. The molecular weight excluding hydrogens is 532 g/mol. The van der Waals surface area contributed by atoms with E-state index in [1.54, 1.807) is 91.4 Å². The highest BCUT2D eigenvalue weighted by molar-refractivity contribution is 6.30. The van der Waals surface area contributed by atoms with E-state index in [4.69, 9.17) is 16.3 Å².